The Labute approximate surface area is 178 Å². The van der Waals surface area contributed by atoms with Crippen molar-refractivity contribution < 1.29 is 9.53 Å². The van der Waals surface area contributed by atoms with Crippen molar-refractivity contribution in [1.82, 2.24) is 0 Å². The van der Waals surface area contributed by atoms with Crippen molar-refractivity contribution in [2.24, 2.45) is 0 Å². The summed E-state index contributed by atoms with van der Waals surface area (Å²) in [6.07, 6.45) is 0.821. The first-order valence-corrected chi connectivity index (χ1v) is 10.4. The lowest BCUT2D eigenvalue weighted by Gasteiger charge is -2.40. The Hall–Kier alpha value is -3.27. The number of amides is 1. The van der Waals surface area contributed by atoms with Gasteiger partial charge in [0.05, 0.1) is 18.8 Å². The van der Waals surface area contributed by atoms with Crippen molar-refractivity contribution in [3.8, 4) is 16.9 Å². The zero-order valence-electron chi connectivity index (χ0n) is 18.0. The molecule has 0 unspecified atom stereocenters. The fraction of sp³-hybridized carbons (Fsp3) is 0.269. The van der Waals surface area contributed by atoms with E-state index in [2.05, 4.69) is 61.6 Å². The second-order valence-corrected chi connectivity index (χ2v) is 8.01. The summed E-state index contributed by atoms with van der Waals surface area (Å²) >= 11 is 0. The van der Waals surface area contributed by atoms with Gasteiger partial charge in [-0.15, -0.1) is 0 Å². The van der Waals surface area contributed by atoms with Crippen LogP contribution in [-0.4, -0.2) is 19.1 Å². The second kappa shape index (κ2) is 8.23. The molecule has 4 nitrogen and oxygen atoms in total. The van der Waals surface area contributed by atoms with E-state index in [1.54, 1.807) is 14.0 Å². The Kier molecular flexibility index (Phi) is 5.49. The summed E-state index contributed by atoms with van der Waals surface area (Å²) in [5.74, 6) is 0.887. The quantitative estimate of drug-likeness (QED) is 0.587. The highest BCUT2D eigenvalue weighted by Crippen LogP contribution is 2.42. The number of nitrogens with one attached hydrogen (secondary N) is 1. The molecule has 1 aliphatic heterocycles. The van der Waals surface area contributed by atoms with Crippen LogP contribution in [0, 0.1) is 6.92 Å². The summed E-state index contributed by atoms with van der Waals surface area (Å²) < 4.78 is 5.54. The van der Waals surface area contributed by atoms with Crippen LogP contribution in [0.4, 0.5) is 11.4 Å². The maximum absolute atomic E-state index is 12.4. The highest BCUT2D eigenvalue weighted by Gasteiger charge is 2.33. The van der Waals surface area contributed by atoms with E-state index in [1.807, 2.05) is 29.2 Å². The minimum atomic E-state index is 0.0720. The fourth-order valence-corrected chi connectivity index (χ4v) is 4.44. The SMILES string of the molecule is COc1ccccc1N[C@@H]1C[C@H](C)N(C(C)=O)c2ccc(-c3cccc(C)c3)cc21. The van der Waals surface area contributed by atoms with Gasteiger partial charge in [0.2, 0.25) is 5.91 Å². The van der Waals surface area contributed by atoms with E-state index in [0.717, 1.165) is 34.7 Å². The molecule has 3 aromatic rings. The van der Waals surface area contributed by atoms with Crippen LogP contribution in [-0.2, 0) is 4.79 Å². The molecule has 0 radical (unpaired) electrons. The van der Waals surface area contributed by atoms with E-state index >= 15 is 0 Å². The van der Waals surface area contributed by atoms with E-state index in [9.17, 15) is 4.79 Å². The van der Waals surface area contributed by atoms with Crippen molar-refractivity contribution in [1.29, 1.82) is 0 Å². The molecule has 0 fully saturated rings. The van der Waals surface area contributed by atoms with Crippen LogP contribution in [0.1, 0.15) is 37.4 Å². The van der Waals surface area contributed by atoms with Crippen LogP contribution < -0.4 is 15.0 Å². The Morgan fingerprint density at radius 1 is 1.03 bits per heavy atom. The number of carbonyl (C=O) groups excluding carboxylic acids is 1. The van der Waals surface area contributed by atoms with Gasteiger partial charge in [-0.25, -0.2) is 0 Å². The van der Waals surface area contributed by atoms with Crippen LogP contribution in [0.2, 0.25) is 0 Å². The van der Waals surface area contributed by atoms with E-state index in [-0.39, 0.29) is 18.0 Å². The molecular weight excluding hydrogens is 372 g/mol. The number of rotatable bonds is 4. The topological polar surface area (TPSA) is 41.6 Å². The predicted octanol–water partition coefficient (Wildman–Crippen LogP) is 5.97. The maximum Gasteiger partial charge on any atom is 0.224 e. The van der Waals surface area contributed by atoms with Crippen molar-refractivity contribution >= 4 is 17.3 Å². The second-order valence-electron chi connectivity index (χ2n) is 8.01. The molecule has 0 spiro atoms. The van der Waals surface area contributed by atoms with Gasteiger partial charge in [-0.3, -0.25) is 4.79 Å². The standard InChI is InChI=1S/C26H28N2O2/c1-17-8-7-9-20(14-17)21-12-13-25-22(16-21)24(15-18(2)28(25)19(3)29)27-23-10-5-6-11-26(23)30-4/h5-14,16,18,24,27H,15H2,1-4H3/t18-,24+/m0/s1. The largest absolute Gasteiger partial charge is 0.495 e. The molecule has 0 saturated heterocycles. The number of methoxy groups -OCH3 is 1. The third-order valence-electron chi connectivity index (χ3n) is 5.81. The normalized spacial score (nSPS) is 17.9. The molecule has 1 amide bonds. The lowest BCUT2D eigenvalue weighted by Crippen LogP contribution is -2.43. The fourth-order valence-electron chi connectivity index (χ4n) is 4.44. The minimum absolute atomic E-state index is 0.0720. The van der Waals surface area contributed by atoms with Gasteiger partial charge in [-0.05, 0) is 61.2 Å². The molecule has 3 aromatic carbocycles. The average molecular weight is 401 g/mol. The number of benzene rings is 3. The molecule has 1 N–H and O–H groups in total. The van der Waals surface area contributed by atoms with Crippen LogP contribution >= 0.6 is 0 Å². The molecule has 0 saturated carbocycles. The highest BCUT2D eigenvalue weighted by atomic mass is 16.5. The Bertz CT molecular complexity index is 1080. The molecule has 0 aliphatic carbocycles. The summed E-state index contributed by atoms with van der Waals surface area (Å²) in [7, 11) is 1.69. The third-order valence-corrected chi connectivity index (χ3v) is 5.81. The van der Waals surface area contributed by atoms with Gasteiger partial charge < -0.3 is 15.0 Å². The predicted molar refractivity (Wildman–Crippen MR) is 123 cm³/mol. The van der Waals surface area contributed by atoms with E-state index in [4.69, 9.17) is 4.74 Å². The van der Waals surface area contributed by atoms with Crippen LogP contribution in [0.15, 0.2) is 66.7 Å². The van der Waals surface area contributed by atoms with Crippen molar-refractivity contribution in [2.75, 3.05) is 17.3 Å². The number of aryl methyl sites for hydroxylation is 1. The number of carbonyl (C=O) groups is 1. The lowest BCUT2D eigenvalue weighted by atomic mass is 9.88. The first-order valence-electron chi connectivity index (χ1n) is 10.4. The molecule has 30 heavy (non-hydrogen) atoms. The molecule has 2 atom stereocenters. The summed E-state index contributed by atoms with van der Waals surface area (Å²) in [4.78, 5) is 14.3. The lowest BCUT2D eigenvalue weighted by molar-refractivity contribution is -0.117. The third kappa shape index (κ3) is 3.78. The molecule has 0 bridgehead atoms. The van der Waals surface area contributed by atoms with Gasteiger partial charge >= 0.3 is 0 Å². The summed E-state index contributed by atoms with van der Waals surface area (Å²) in [5, 5.41) is 3.67. The van der Waals surface area contributed by atoms with E-state index in [1.165, 1.54) is 11.1 Å². The van der Waals surface area contributed by atoms with Gasteiger partial charge in [-0.1, -0.05) is 48.0 Å². The number of anilines is 2. The summed E-state index contributed by atoms with van der Waals surface area (Å²) in [6, 6.07) is 23.1. The van der Waals surface area contributed by atoms with Crippen molar-refractivity contribution in [3.63, 3.8) is 0 Å². The zero-order valence-corrected chi connectivity index (χ0v) is 18.0. The molecule has 1 heterocycles. The van der Waals surface area contributed by atoms with E-state index in [0.29, 0.717) is 0 Å². The van der Waals surface area contributed by atoms with Gasteiger partial charge in [0.15, 0.2) is 0 Å². The monoisotopic (exact) mass is 400 g/mol. The number of ether oxygens (including phenoxy) is 1. The van der Waals surface area contributed by atoms with Gasteiger partial charge in [0, 0.05) is 18.7 Å². The Morgan fingerprint density at radius 2 is 1.80 bits per heavy atom. The first kappa shape index (κ1) is 20.0. The summed E-state index contributed by atoms with van der Waals surface area (Å²) in [6.45, 7) is 5.85. The molecule has 154 valence electrons. The van der Waals surface area contributed by atoms with Gasteiger partial charge in [-0.2, -0.15) is 0 Å². The van der Waals surface area contributed by atoms with Gasteiger partial charge in [0.25, 0.3) is 0 Å². The number of para-hydroxylation sites is 2. The Morgan fingerprint density at radius 3 is 2.53 bits per heavy atom. The van der Waals surface area contributed by atoms with E-state index < -0.39 is 0 Å². The molecule has 4 rings (SSSR count). The number of hydrogen-bond donors (Lipinski definition) is 1. The zero-order chi connectivity index (χ0) is 21.3. The number of nitrogens with zero attached hydrogens (tertiary/aromatic N) is 1. The van der Waals surface area contributed by atoms with Crippen LogP contribution in [0.25, 0.3) is 11.1 Å². The van der Waals surface area contributed by atoms with Crippen molar-refractivity contribution in [3.05, 3.63) is 77.9 Å². The molecule has 0 aromatic heterocycles. The van der Waals surface area contributed by atoms with Crippen LogP contribution in [0.5, 0.6) is 5.75 Å². The smallest absolute Gasteiger partial charge is 0.224 e. The average Bonchev–Trinajstić information content (AvgIpc) is 2.73. The van der Waals surface area contributed by atoms with Crippen LogP contribution in [0.3, 0.4) is 0 Å². The number of hydrogen-bond acceptors (Lipinski definition) is 3. The number of fused-ring (bicyclic) bond motifs is 1. The minimum Gasteiger partial charge on any atom is -0.495 e. The molecular formula is C26H28N2O2. The maximum atomic E-state index is 12.4. The molecule has 1 aliphatic rings. The first-order chi connectivity index (χ1) is 14.5. The molecule has 4 heteroatoms. The Balaban J connectivity index is 1.80. The van der Waals surface area contributed by atoms with Crippen molar-refractivity contribution in [2.45, 2.75) is 39.3 Å². The summed E-state index contributed by atoms with van der Waals surface area (Å²) in [5.41, 5.74) is 6.63. The van der Waals surface area contributed by atoms with Gasteiger partial charge in [0.1, 0.15) is 5.75 Å². The highest BCUT2D eigenvalue weighted by molar-refractivity contribution is 5.94.